The molecule has 3 rings (SSSR count). The standard InChI is InChI=1S/C21H24F3N3O2/c1-2-16-4-7-18(8-5-16)29-15-20(28)27-11-3-10-26(12-13-27)19-9-6-17(14-25-19)21(22,23)24/h4-9,14H,2-3,10-13,15H2,1H3. The van der Waals surface area contributed by atoms with Gasteiger partial charge in [-0.2, -0.15) is 13.2 Å². The second-order valence-electron chi connectivity index (χ2n) is 6.91. The number of amides is 1. The molecule has 0 unspecified atom stereocenters. The summed E-state index contributed by atoms with van der Waals surface area (Å²) in [5, 5.41) is 0. The highest BCUT2D eigenvalue weighted by Crippen LogP contribution is 2.29. The maximum Gasteiger partial charge on any atom is 0.417 e. The molecule has 156 valence electrons. The summed E-state index contributed by atoms with van der Waals surface area (Å²) in [6.45, 7) is 4.22. The number of ether oxygens (including phenoxy) is 1. The van der Waals surface area contributed by atoms with Gasteiger partial charge in [-0.3, -0.25) is 4.79 Å². The predicted molar refractivity (Wildman–Crippen MR) is 104 cm³/mol. The molecule has 2 heterocycles. The van der Waals surface area contributed by atoms with Crippen LogP contribution in [0.5, 0.6) is 5.75 Å². The maximum atomic E-state index is 12.7. The van der Waals surface area contributed by atoms with Crippen molar-refractivity contribution in [1.29, 1.82) is 0 Å². The third-order valence-electron chi connectivity index (χ3n) is 4.94. The van der Waals surface area contributed by atoms with Gasteiger partial charge in [-0.05, 0) is 42.7 Å². The molecular weight excluding hydrogens is 383 g/mol. The van der Waals surface area contributed by atoms with Gasteiger partial charge in [0.1, 0.15) is 11.6 Å². The molecule has 5 nitrogen and oxygen atoms in total. The van der Waals surface area contributed by atoms with Crippen LogP contribution in [0.25, 0.3) is 0 Å². The van der Waals surface area contributed by atoms with Gasteiger partial charge in [-0.15, -0.1) is 0 Å². The monoisotopic (exact) mass is 407 g/mol. The first-order valence-corrected chi connectivity index (χ1v) is 9.64. The molecule has 8 heteroatoms. The fraction of sp³-hybridized carbons (Fsp3) is 0.429. The topological polar surface area (TPSA) is 45.7 Å². The molecule has 0 N–H and O–H groups in total. The van der Waals surface area contributed by atoms with E-state index >= 15 is 0 Å². The van der Waals surface area contributed by atoms with Gasteiger partial charge in [0.05, 0.1) is 5.56 Å². The largest absolute Gasteiger partial charge is 0.484 e. The zero-order valence-corrected chi connectivity index (χ0v) is 16.3. The summed E-state index contributed by atoms with van der Waals surface area (Å²) in [5.41, 5.74) is 0.435. The van der Waals surface area contributed by atoms with Crippen molar-refractivity contribution >= 4 is 11.7 Å². The van der Waals surface area contributed by atoms with E-state index in [9.17, 15) is 18.0 Å². The molecule has 0 aliphatic carbocycles. The zero-order valence-electron chi connectivity index (χ0n) is 16.3. The number of anilines is 1. The average Bonchev–Trinajstić information content (AvgIpc) is 2.98. The lowest BCUT2D eigenvalue weighted by Crippen LogP contribution is -2.38. The highest BCUT2D eigenvalue weighted by atomic mass is 19.4. The molecule has 1 amide bonds. The van der Waals surface area contributed by atoms with E-state index in [0.717, 1.165) is 18.7 Å². The molecule has 0 radical (unpaired) electrons. The smallest absolute Gasteiger partial charge is 0.417 e. The lowest BCUT2D eigenvalue weighted by molar-refractivity contribution is -0.137. The average molecular weight is 407 g/mol. The molecule has 1 saturated heterocycles. The molecular formula is C21H24F3N3O2. The highest BCUT2D eigenvalue weighted by Gasteiger charge is 2.31. The van der Waals surface area contributed by atoms with E-state index in [1.807, 2.05) is 29.2 Å². The fourth-order valence-electron chi connectivity index (χ4n) is 3.19. The highest BCUT2D eigenvalue weighted by molar-refractivity contribution is 5.77. The van der Waals surface area contributed by atoms with Crippen molar-refractivity contribution in [3.63, 3.8) is 0 Å². The lowest BCUT2D eigenvalue weighted by Gasteiger charge is -2.23. The molecule has 1 aromatic heterocycles. The van der Waals surface area contributed by atoms with Crippen molar-refractivity contribution in [2.45, 2.75) is 25.9 Å². The third kappa shape index (κ3) is 5.62. The molecule has 1 fully saturated rings. The number of rotatable bonds is 5. The van der Waals surface area contributed by atoms with Crippen molar-refractivity contribution < 1.29 is 22.7 Å². The number of nitrogens with zero attached hydrogens (tertiary/aromatic N) is 3. The lowest BCUT2D eigenvalue weighted by atomic mass is 10.2. The first kappa shape index (κ1) is 21.0. The van der Waals surface area contributed by atoms with Crippen LogP contribution < -0.4 is 9.64 Å². The SMILES string of the molecule is CCc1ccc(OCC(=O)N2CCCN(c3ccc(C(F)(F)F)cn3)CC2)cc1. The van der Waals surface area contributed by atoms with Gasteiger partial charge in [-0.25, -0.2) is 4.98 Å². The van der Waals surface area contributed by atoms with Crippen LogP contribution in [0, 0.1) is 0 Å². The van der Waals surface area contributed by atoms with Crippen molar-refractivity contribution in [2.24, 2.45) is 0 Å². The molecule has 2 aromatic rings. The number of carbonyl (C=O) groups excluding carboxylic acids is 1. The van der Waals surface area contributed by atoms with Crippen LogP contribution in [0.3, 0.4) is 0 Å². The first-order chi connectivity index (χ1) is 13.9. The molecule has 29 heavy (non-hydrogen) atoms. The number of carbonyl (C=O) groups is 1. The summed E-state index contributed by atoms with van der Waals surface area (Å²) >= 11 is 0. The molecule has 0 saturated carbocycles. The normalized spacial score (nSPS) is 15.2. The minimum absolute atomic E-state index is 0.0377. The van der Waals surface area contributed by atoms with Crippen molar-refractivity contribution in [1.82, 2.24) is 9.88 Å². The Morgan fingerprint density at radius 1 is 1.07 bits per heavy atom. The van der Waals surface area contributed by atoms with Crippen LogP contribution in [-0.2, 0) is 17.4 Å². The van der Waals surface area contributed by atoms with Crippen LogP contribution in [0.15, 0.2) is 42.6 Å². The Bertz CT molecular complexity index is 807. The second kappa shape index (κ2) is 9.15. The van der Waals surface area contributed by atoms with Crippen molar-refractivity contribution in [3.05, 3.63) is 53.7 Å². The quantitative estimate of drug-likeness (QED) is 0.757. The van der Waals surface area contributed by atoms with Crippen LogP contribution in [0.2, 0.25) is 0 Å². The van der Waals surface area contributed by atoms with Crippen LogP contribution in [0.1, 0.15) is 24.5 Å². The van der Waals surface area contributed by atoms with E-state index in [-0.39, 0.29) is 12.5 Å². The molecule has 1 aliphatic heterocycles. The number of hydrogen-bond acceptors (Lipinski definition) is 4. The van der Waals surface area contributed by atoms with Crippen LogP contribution in [-0.4, -0.2) is 48.6 Å². The Balaban J connectivity index is 1.52. The van der Waals surface area contributed by atoms with Gasteiger partial charge >= 0.3 is 6.18 Å². The summed E-state index contributed by atoms with van der Waals surface area (Å²) in [5.74, 6) is 1.03. The number of aryl methyl sites for hydroxylation is 1. The first-order valence-electron chi connectivity index (χ1n) is 9.64. The molecule has 1 aliphatic rings. The number of hydrogen-bond donors (Lipinski definition) is 0. The fourth-order valence-corrected chi connectivity index (χ4v) is 3.19. The van der Waals surface area contributed by atoms with E-state index in [2.05, 4.69) is 11.9 Å². The Morgan fingerprint density at radius 3 is 2.45 bits per heavy atom. The number of aromatic nitrogens is 1. The van der Waals surface area contributed by atoms with Gasteiger partial charge in [0, 0.05) is 32.4 Å². The van der Waals surface area contributed by atoms with E-state index in [4.69, 9.17) is 4.74 Å². The summed E-state index contributed by atoms with van der Waals surface area (Å²) in [4.78, 5) is 20.1. The third-order valence-corrected chi connectivity index (χ3v) is 4.94. The Kier molecular flexibility index (Phi) is 6.61. The molecule has 0 atom stereocenters. The van der Waals surface area contributed by atoms with Crippen molar-refractivity contribution in [3.8, 4) is 5.75 Å². The Hall–Kier alpha value is -2.77. The minimum Gasteiger partial charge on any atom is -0.484 e. The van der Waals surface area contributed by atoms with E-state index in [0.29, 0.717) is 44.2 Å². The van der Waals surface area contributed by atoms with Gasteiger partial charge in [-0.1, -0.05) is 19.1 Å². The van der Waals surface area contributed by atoms with E-state index in [1.165, 1.54) is 11.6 Å². The summed E-state index contributed by atoms with van der Waals surface area (Å²) < 4.78 is 43.7. The van der Waals surface area contributed by atoms with Crippen LogP contribution >= 0.6 is 0 Å². The number of halogens is 3. The van der Waals surface area contributed by atoms with Gasteiger partial charge < -0.3 is 14.5 Å². The van der Waals surface area contributed by atoms with Gasteiger partial charge in [0.25, 0.3) is 5.91 Å². The van der Waals surface area contributed by atoms with Crippen molar-refractivity contribution in [2.75, 3.05) is 37.7 Å². The number of alkyl halides is 3. The summed E-state index contributed by atoms with van der Waals surface area (Å²) in [6, 6.07) is 10.1. The summed E-state index contributed by atoms with van der Waals surface area (Å²) in [6.07, 6.45) is -1.90. The molecule has 1 aromatic carbocycles. The minimum atomic E-state index is -4.40. The van der Waals surface area contributed by atoms with E-state index < -0.39 is 11.7 Å². The van der Waals surface area contributed by atoms with Gasteiger partial charge in [0.2, 0.25) is 0 Å². The Labute approximate surface area is 168 Å². The zero-order chi connectivity index (χ0) is 20.9. The van der Waals surface area contributed by atoms with Gasteiger partial charge in [0.15, 0.2) is 6.61 Å². The van der Waals surface area contributed by atoms with E-state index in [1.54, 1.807) is 4.90 Å². The number of benzene rings is 1. The van der Waals surface area contributed by atoms with Crippen LogP contribution in [0.4, 0.5) is 19.0 Å². The maximum absolute atomic E-state index is 12.7. The molecule has 0 bridgehead atoms. The predicted octanol–water partition coefficient (Wildman–Crippen LogP) is 3.78. The second-order valence-corrected chi connectivity index (χ2v) is 6.91. The molecule has 0 spiro atoms. The Morgan fingerprint density at radius 2 is 1.83 bits per heavy atom. The number of pyridine rings is 1. The summed E-state index contributed by atoms with van der Waals surface area (Å²) in [7, 11) is 0.